The molecule has 0 bridgehead atoms. The number of hydrogen-bond acceptors (Lipinski definition) is 14. The molecule has 10 aromatic carbocycles. The number of nitrogens with zero attached hydrogens (tertiary/aromatic N) is 14. The Kier molecular flexibility index (Phi) is 13.8. The second kappa shape index (κ2) is 24.0. The van der Waals surface area contributed by atoms with Crippen molar-refractivity contribution in [1.29, 1.82) is 0 Å². The van der Waals surface area contributed by atoms with E-state index < -0.39 is 0 Å². The normalized spacial score (nSPS) is 11.6. The largest absolute Gasteiger partial charge is 0.254 e. The zero-order chi connectivity index (χ0) is 66.0. The summed E-state index contributed by atoms with van der Waals surface area (Å²) in [5.41, 5.74) is 21.0. The standard InChI is InChI=1S/2C43H25N7/c1-2-28-5-6-29-15-17-37(50-42(29)41(28)45-19-1)35-12-10-30-20-34(11-9-31(30)21-35)36-16-13-26-3-7-32(22-39(26)48-36)33-8-4-27-14-18-38(49-40(27)23-33)43-46-24-44-25-47-43;1-2-6-33-32(5-1)34(16-17-35(33)37-19-15-29-10-9-28-4-3-21-45-41(28)42(29)50-37)36-18-13-26-7-11-30(22-39(26)48-36)31-12-8-27-14-20-38(49-40(27)23-31)43-46-24-44-25-47-43/h2*1-25H. The quantitative estimate of drug-likeness (QED) is 0.131. The molecule has 0 unspecified atom stereocenters. The molecule has 14 nitrogen and oxygen atoms in total. The molecule has 464 valence electrons. The van der Waals surface area contributed by atoms with E-state index in [1.165, 1.54) is 25.3 Å². The van der Waals surface area contributed by atoms with Crippen molar-refractivity contribution in [3.63, 3.8) is 0 Å². The van der Waals surface area contributed by atoms with Gasteiger partial charge in [-0.3, -0.25) is 9.97 Å². The van der Waals surface area contributed by atoms with Crippen molar-refractivity contribution in [2.75, 3.05) is 0 Å². The summed E-state index contributed by atoms with van der Waals surface area (Å²) >= 11 is 0. The van der Waals surface area contributed by atoms with E-state index in [0.29, 0.717) is 23.0 Å². The molecule has 10 heterocycles. The highest BCUT2D eigenvalue weighted by Crippen LogP contribution is 2.39. The molecule has 0 fully saturated rings. The van der Waals surface area contributed by atoms with E-state index in [1.54, 1.807) is 0 Å². The fourth-order valence-corrected chi connectivity index (χ4v) is 13.6. The summed E-state index contributed by atoms with van der Waals surface area (Å²) in [6.07, 6.45) is 9.60. The molecule has 0 spiro atoms. The Hall–Kier alpha value is -14.0. The molecule has 0 radical (unpaired) electrons. The van der Waals surface area contributed by atoms with E-state index in [0.717, 1.165) is 176 Å². The van der Waals surface area contributed by atoms with Gasteiger partial charge < -0.3 is 0 Å². The first-order valence-electron chi connectivity index (χ1n) is 32.7. The van der Waals surface area contributed by atoms with Crippen LogP contribution in [0.5, 0.6) is 0 Å². The Bertz CT molecular complexity index is 6690. The predicted octanol–water partition coefficient (Wildman–Crippen LogP) is 19.8. The Balaban J connectivity index is 0.000000139. The van der Waals surface area contributed by atoms with E-state index >= 15 is 0 Å². The lowest BCUT2D eigenvalue weighted by Gasteiger charge is -2.13. The molecule has 0 amide bonds. The fourth-order valence-electron chi connectivity index (χ4n) is 13.6. The van der Waals surface area contributed by atoms with Crippen molar-refractivity contribution in [2.24, 2.45) is 0 Å². The van der Waals surface area contributed by atoms with Gasteiger partial charge in [-0.05, 0) is 129 Å². The van der Waals surface area contributed by atoms with Crippen molar-refractivity contribution in [1.82, 2.24) is 69.8 Å². The third-order valence-electron chi connectivity index (χ3n) is 18.7. The summed E-state index contributed by atoms with van der Waals surface area (Å²) in [5.74, 6) is 1.10. The average Bonchev–Trinajstić information content (AvgIpc) is 0.776. The molecule has 0 aliphatic carbocycles. The maximum absolute atomic E-state index is 5.21. The molecule has 100 heavy (non-hydrogen) atoms. The average molecular weight is 1280 g/mol. The van der Waals surface area contributed by atoms with Crippen molar-refractivity contribution >= 4 is 109 Å². The third-order valence-corrected chi connectivity index (χ3v) is 18.7. The highest BCUT2D eigenvalue weighted by Gasteiger charge is 2.17. The van der Waals surface area contributed by atoms with Crippen LogP contribution in [0.4, 0.5) is 0 Å². The lowest BCUT2D eigenvalue weighted by Crippen LogP contribution is -1.93. The second-order valence-electron chi connectivity index (χ2n) is 24.6. The van der Waals surface area contributed by atoms with E-state index in [4.69, 9.17) is 29.9 Å². The SMILES string of the molecule is c1cnc2c(c1)ccc1ccc(-c3ccc(-c4ccc5ccc(-c6ccc7ccc(-c8ncncn8)nc7c6)cc5n4)c4ccccc34)nc12.c1cnc2c(c1)ccc1ccc(-c3ccc4cc(-c5ccc6ccc(-c7ccc8ccc(-c9ncncn9)nc8c7)cc6n5)ccc4c3)nc12. The molecular weight excluding hydrogens is 1230 g/mol. The summed E-state index contributed by atoms with van der Waals surface area (Å²) in [4.78, 5) is 64.4. The van der Waals surface area contributed by atoms with Crippen LogP contribution in [0.2, 0.25) is 0 Å². The summed E-state index contributed by atoms with van der Waals surface area (Å²) < 4.78 is 0. The fraction of sp³-hybridized carbons (Fsp3) is 0. The van der Waals surface area contributed by atoms with Crippen LogP contribution in [0.3, 0.4) is 0 Å². The lowest BCUT2D eigenvalue weighted by molar-refractivity contribution is 1.04. The smallest absolute Gasteiger partial charge is 0.181 e. The highest BCUT2D eigenvalue weighted by atomic mass is 15.0. The molecule has 20 aromatic rings. The van der Waals surface area contributed by atoms with Crippen molar-refractivity contribution in [3.05, 3.63) is 305 Å². The van der Waals surface area contributed by atoms with Crippen LogP contribution in [0.25, 0.3) is 199 Å². The van der Waals surface area contributed by atoms with Gasteiger partial charge in [0, 0.05) is 77.7 Å². The Morgan fingerprint density at radius 1 is 0.190 bits per heavy atom. The molecule has 0 aliphatic rings. The van der Waals surface area contributed by atoms with Gasteiger partial charge in [0.25, 0.3) is 0 Å². The second-order valence-corrected chi connectivity index (χ2v) is 24.6. The molecule has 0 aliphatic heterocycles. The molecule has 0 saturated heterocycles. The highest BCUT2D eigenvalue weighted by molar-refractivity contribution is 6.08. The van der Waals surface area contributed by atoms with Gasteiger partial charge in [0.05, 0.1) is 66.9 Å². The topological polar surface area (TPSA) is 180 Å². The van der Waals surface area contributed by atoms with Crippen molar-refractivity contribution in [2.45, 2.75) is 0 Å². The number of benzene rings is 10. The lowest BCUT2D eigenvalue weighted by atomic mass is 9.95. The number of rotatable bonds is 8. The van der Waals surface area contributed by atoms with Gasteiger partial charge in [0.1, 0.15) is 36.7 Å². The van der Waals surface area contributed by atoms with Crippen LogP contribution >= 0.6 is 0 Å². The number of aromatic nitrogens is 14. The minimum atomic E-state index is 0.551. The first-order valence-corrected chi connectivity index (χ1v) is 32.7. The van der Waals surface area contributed by atoms with Gasteiger partial charge in [-0.25, -0.2) is 59.8 Å². The van der Waals surface area contributed by atoms with E-state index in [-0.39, 0.29) is 0 Å². The first kappa shape index (κ1) is 57.5. The van der Waals surface area contributed by atoms with Gasteiger partial charge in [0.15, 0.2) is 11.6 Å². The Labute approximate surface area is 570 Å². The molecule has 14 heteroatoms. The molecule has 0 atom stereocenters. The number of fused-ring (bicyclic) bond motifs is 12. The van der Waals surface area contributed by atoms with E-state index in [2.05, 4.69) is 270 Å². The Morgan fingerprint density at radius 3 is 0.940 bits per heavy atom. The van der Waals surface area contributed by atoms with Crippen LogP contribution in [0.1, 0.15) is 0 Å². The number of pyridine rings is 8. The van der Waals surface area contributed by atoms with Crippen LogP contribution < -0.4 is 0 Å². The maximum Gasteiger partial charge on any atom is 0.181 e. The monoisotopic (exact) mass is 1280 g/mol. The summed E-state index contributed by atoms with van der Waals surface area (Å²) in [6.45, 7) is 0. The van der Waals surface area contributed by atoms with Gasteiger partial charge >= 0.3 is 0 Å². The number of hydrogen-bond donors (Lipinski definition) is 0. The van der Waals surface area contributed by atoms with Gasteiger partial charge in [-0.2, -0.15) is 0 Å². The van der Waals surface area contributed by atoms with Crippen LogP contribution in [-0.2, 0) is 0 Å². The van der Waals surface area contributed by atoms with Crippen molar-refractivity contribution in [3.8, 4) is 90.3 Å². The summed E-state index contributed by atoms with van der Waals surface area (Å²) in [6, 6.07) is 92.8. The summed E-state index contributed by atoms with van der Waals surface area (Å²) in [5, 5.41) is 13.1. The van der Waals surface area contributed by atoms with Crippen LogP contribution in [0.15, 0.2) is 305 Å². The summed E-state index contributed by atoms with van der Waals surface area (Å²) in [7, 11) is 0. The van der Waals surface area contributed by atoms with E-state index in [9.17, 15) is 0 Å². The molecular formula is C86H50N14. The molecule has 0 saturated carbocycles. The van der Waals surface area contributed by atoms with E-state index in [1.807, 2.05) is 48.8 Å². The van der Waals surface area contributed by atoms with Gasteiger partial charge in [-0.1, -0.05) is 182 Å². The predicted molar refractivity (Wildman–Crippen MR) is 401 cm³/mol. The third kappa shape index (κ3) is 10.6. The minimum Gasteiger partial charge on any atom is -0.254 e. The maximum atomic E-state index is 5.21. The Morgan fingerprint density at radius 2 is 0.500 bits per heavy atom. The van der Waals surface area contributed by atoms with Crippen molar-refractivity contribution < 1.29 is 0 Å². The van der Waals surface area contributed by atoms with Gasteiger partial charge in [0.2, 0.25) is 0 Å². The first-order chi connectivity index (χ1) is 49.5. The molecule has 20 rings (SSSR count). The van der Waals surface area contributed by atoms with Gasteiger partial charge in [-0.15, -0.1) is 0 Å². The molecule has 0 N–H and O–H groups in total. The molecule has 10 aromatic heterocycles. The zero-order valence-electron chi connectivity index (χ0n) is 53.1. The zero-order valence-corrected chi connectivity index (χ0v) is 53.1. The van der Waals surface area contributed by atoms with Crippen LogP contribution in [0, 0.1) is 0 Å². The van der Waals surface area contributed by atoms with Crippen LogP contribution in [-0.4, -0.2) is 69.8 Å². The minimum absolute atomic E-state index is 0.551.